The molecule has 1 N–H and O–H groups in total. The van der Waals surface area contributed by atoms with Crippen LogP contribution in [0.3, 0.4) is 0 Å². The Morgan fingerprint density at radius 3 is 2.55 bits per heavy atom. The van der Waals surface area contributed by atoms with Gasteiger partial charge < -0.3 is 23.9 Å². The van der Waals surface area contributed by atoms with Gasteiger partial charge in [0, 0.05) is 24.1 Å². The van der Waals surface area contributed by atoms with Crippen molar-refractivity contribution in [2.45, 2.75) is 17.7 Å². The number of Topliss-reactive ketones (excluding diaryl/α,β-unsaturated/α-hetero) is 1. The molecule has 4 aromatic rings. The highest BCUT2D eigenvalue weighted by Gasteiger charge is 2.33. The average molecular weight is 536 g/mol. The third kappa shape index (κ3) is 4.47. The lowest BCUT2D eigenvalue weighted by atomic mass is 9.87. The quantitative estimate of drug-likeness (QED) is 0.358. The lowest BCUT2D eigenvalue weighted by Crippen LogP contribution is -2.24. The van der Waals surface area contributed by atoms with E-state index in [0.29, 0.717) is 33.5 Å². The van der Waals surface area contributed by atoms with Crippen LogP contribution >= 0.6 is 0 Å². The number of methoxy groups -OCH3 is 1. The molecule has 0 bridgehead atoms. The van der Waals surface area contributed by atoms with Crippen LogP contribution < -0.4 is 14.2 Å². The minimum absolute atomic E-state index is 0.0469. The molecular weight excluding hydrogens is 510 g/mol. The summed E-state index contributed by atoms with van der Waals surface area (Å²) in [4.78, 5) is 25.4. The zero-order valence-corrected chi connectivity index (χ0v) is 21.7. The number of rotatable bonds is 8. The van der Waals surface area contributed by atoms with Gasteiger partial charge in [0.25, 0.3) is 0 Å². The number of benzene rings is 3. The first-order valence-electron chi connectivity index (χ1n) is 11.7. The predicted octanol–water partition coefficient (Wildman–Crippen LogP) is 4.10. The third-order valence-corrected chi connectivity index (χ3v) is 8.29. The maximum absolute atomic E-state index is 13.9. The van der Waals surface area contributed by atoms with Crippen LogP contribution in [0, 0.1) is 6.92 Å². The van der Waals surface area contributed by atoms with Crippen LogP contribution in [-0.4, -0.2) is 49.5 Å². The first-order chi connectivity index (χ1) is 18.1. The zero-order valence-electron chi connectivity index (χ0n) is 20.9. The molecular formula is C28H25NO8S. The summed E-state index contributed by atoms with van der Waals surface area (Å²) in [5.41, 5.74) is 2.60. The van der Waals surface area contributed by atoms with Gasteiger partial charge in [0.15, 0.2) is 27.1 Å². The van der Waals surface area contributed by atoms with Crippen LogP contribution in [-0.2, 0) is 21.7 Å². The second-order valence-corrected chi connectivity index (χ2v) is 11.1. The fourth-order valence-electron chi connectivity index (χ4n) is 4.79. The van der Waals surface area contributed by atoms with Gasteiger partial charge in [0.1, 0.15) is 16.4 Å². The van der Waals surface area contributed by atoms with E-state index in [1.54, 1.807) is 54.2 Å². The molecule has 0 saturated heterocycles. The van der Waals surface area contributed by atoms with Gasteiger partial charge in [-0.05, 0) is 60.0 Å². The number of carbonyl (C=O) groups is 2. The Labute approximate surface area is 219 Å². The van der Waals surface area contributed by atoms with Crippen molar-refractivity contribution in [3.05, 3.63) is 83.0 Å². The maximum Gasteiger partial charge on any atom is 0.335 e. The highest BCUT2D eigenvalue weighted by Crippen LogP contribution is 2.40. The van der Waals surface area contributed by atoms with Gasteiger partial charge in [-0.2, -0.15) is 0 Å². The first kappa shape index (κ1) is 25.3. The Hall–Kier alpha value is -4.31. The Bertz CT molecular complexity index is 1700. The van der Waals surface area contributed by atoms with E-state index in [4.69, 9.17) is 14.2 Å². The molecule has 5 rings (SSSR count). The van der Waals surface area contributed by atoms with E-state index >= 15 is 0 Å². The van der Waals surface area contributed by atoms with Gasteiger partial charge in [-0.15, -0.1) is 0 Å². The molecule has 0 saturated carbocycles. The van der Waals surface area contributed by atoms with Crippen molar-refractivity contribution in [1.29, 1.82) is 0 Å². The highest BCUT2D eigenvalue weighted by atomic mass is 32.2. The number of aromatic carboxylic acids is 1. The molecule has 1 aliphatic rings. The maximum atomic E-state index is 13.9. The normalized spacial score (nSPS) is 13.4. The molecule has 0 unspecified atom stereocenters. The standard InChI is InChI=1S/C28H25NO8S/c1-16-4-9-26(25(10-16)35-3)38(33,34)14-22(30)27(17-6-8-23-24(12-17)37-15-36-23)20-13-29(2)21-11-18(28(31)32)5-7-19(20)21/h4-13,27H,14-15H2,1-3H3,(H,31,32)/t27-/m0/s1. The Morgan fingerprint density at radius 1 is 1.05 bits per heavy atom. The van der Waals surface area contributed by atoms with Crippen LogP contribution in [0.5, 0.6) is 17.2 Å². The van der Waals surface area contributed by atoms with E-state index in [9.17, 15) is 23.1 Å². The number of aromatic nitrogens is 1. The van der Waals surface area contributed by atoms with E-state index in [1.165, 1.54) is 25.3 Å². The lowest BCUT2D eigenvalue weighted by molar-refractivity contribution is -0.117. The molecule has 1 atom stereocenters. The summed E-state index contributed by atoms with van der Waals surface area (Å²) >= 11 is 0. The smallest absolute Gasteiger partial charge is 0.335 e. The van der Waals surface area contributed by atoms with Crippen LogP contribution in [0.15, 0.2) is 65.7 Å². The van der Waals surface area contributed by atoms with E-state index in [-0.39, 0.29) is 23.0 Å². The molecule has 3 aromatic carbocycles. The summed E-state index contributed by atoms with van der Waals surface area (Å²) in [7, 11) is -0.947. The molecule has 0 spiro atoms. The number of hydrogen-bond acceptors (Lipinski definition) is 7. The van der Waals surface area contributed by atoms with Gasteiger partial charge in [-0.3, -0.25) is 4.79 Å². The van der Waals surface area contributed by atoms with Crippen LogP contribution in [0.2, 0.25) is 0 Å². The van der Waals surface area contributed by atoms with E-state index in [1.807, 2.05) is 6.92 Å². The molecule has 1 aromatic heterocycles. The number of carboxylic acids is 1. The van der Waals surface area contributed by atoms with Crippen molar-refractivity contribution in [1.82, 2.24) is 4.57 Å². The number of fused-ring (bicyclic) bond motifs is 2. The van der Waals surface area contributed by atoms with Crippen LogP contribution in [0.1, 0.15) is 33.0 Å². The second-order valence-electron chi connectivity index (χ2n) is 9.16. The van der Waals surface area contributed by atoms with Gasteiger partial charge in [0.05, 0.1) is 18.6 Å². The predicted molar refractivity (Wildman–Crippen MR) is 139 cm³/mol. The molecule has 10 heteroatoms. The number of ether oxygens (including phenoxy) is 3. The molecule has 2 heterocycles. The Kier molecular flexibility index (Phi) is 6.36. The zero-order chi connectivity index (χ0) is 27.2. The Balaban J connectivity index is 1.63. The van der Waals surface area contributed by atoms with E-state index in [0.717, 1.165) is 5.56 Å². The SMILES string of the molecule is COc1cc(C)ccc1S(=O)(=O)CC(=O)[C@@H](c1ccc2c(c1)OCO2)c1cn(C)c2cc(C(=O)O)ccc12. The number of aryl methyl sites for hydroxylation is 2. The van der Waals surface area contributed by atoms with Crippen molar-refractivity contribution in [3.63, 3.8) is 0 Å². The summed E-state index contributed by atoms with van der Waals surface area (Å²) in [5, 5.41) is 10.1. The monoisotopic (exact) mass is 535 g/mol. The van der Waals surface area contributed by atoms with Crippen LogP contribution in [0.25, 0.3) is 10.9 Å². The van der Waals surface area contributed by atoms with Crippen molar-refractivity contribution in [2.24, 2.45) is 7.05 Å². The van der Waals surface area contributed by atoms with Gasteiger partial charge in [-0.25, -0.2) is 13.2 Å². The summed E-state index contributed by atoms with van der Waals surface area (Å²) < 4.78 is 44.9. The highest BCUT2D eigenvalue weighted by molar-refractivity contribution is 7.92. The number of carbonyl (C=O) groups excluding carboxylic acids is 1. The summed E-state index contributed by atoms with van der Waals surface area (Å²) in [6, 6.07) is 14.4. The molecule has 9 nitrogen and oxygen atoms in total. The first-order valence-corrected chi connectivity index (χ1v) is 13.4. The molecule has 0 aliphatic carbocycles. The minimum Gasteiger partial charge on any atom is -0.495 e. The average Bonchev–Trinajstić information content (AvgIpc) is 3.47. The topological polar surface area (TPSA) is 121 Å². The van der Waals surface area contributed by atoms with Gasteiger partial charge in [0.2, 0.25) is 6.79 Å². The van der Waals surface area contributed by atoms with Crippen molar-refractivity contribution < 1.29 is 37.3 Å². The molecule has 196 valence electrons. The van der Waals surface area contributed by atoms with E-state index in [2.05, 4.69) is 0 Å². The molecule has 0 fully saturated rings. The van der Waals surface area contributed by atoms with Gasteiger partial charge in [-0.1, -0.05) is 18.2 Å². The van der Waals surface area contributed by atoms with Crippen molar-refractivity contribution in [3.8, 4) is 17.2 Å². The lowest BCUT2D eigenvalue weighted by Gasteiger charge is -2.18. The summed E-state index contributed by atoms with van der Waals surface area (Å²) in [5.74, 6) is -2.22. The summed E-state index contributed by atoms with van der Waals surface area (Å²) in [6.07, 6.45) is 1.72. The fourth-order valence-corrected chi connectivity index (χ4v) is 6.21. The number of hydrogen-bond donors (Lipinski definition) is 1. The molecule has 0 radical (unpaired) electrons. The number of carboxylic acid groups (broad SMARTS) is 1. The minimum atomic E-state index is -4.07. The third-order valence-electron chi connectivity index (χ3n) is 6.62. The Morgan fingerprint density at radius 2 is 1.82 bits per heavy atom. The number of nitrogens with zero attached hydrogens (tertiary/aromatic N) is 1. The van der Waals surface area contributed by atoms with Gasteiger partial charge >= 0.3 is 5.97 Å². The molecule has 38 heavy (non-hydrogen) atoms. The number of ketones is 1. The van der Waals surface area contributed by atoms with E-state index < -0.39 is 33.3 Å². The second kappa shape index (κ2) is 9.53. The van der Waals surface area contributed by atoms with Crippen LogP contribution in [0.4, 0.5) is 0 Å². The fraction of sp³-hybridized carbons (Fsp3) is 0.214. The largest absolute Gasteiger partial charge is 0.495 e. The van der Waals surface area contributed by atoms with Crippen molar-refractivity contribution in [2.75, 3.05) is 19.7 Å². The van der Waals surface area contributed by atoms with Crippen molar-refractivity contribution >= 4 is 32.5 Å². The number of sulfone groups is 1. The molecule has 0 amide bonds. The molecule has 1 aliphatic heterocycles. The summed E-state index contributed by atoms with van der Waals surface area (Å²) in [6.45, 7) is 1.86.